The van der Waals surface area contributed by atoms with Crippen molar-refractivity contribution in [1.29, 1.82) is 0 Å². The lowest BCUT2D eigenvalue weighted by Crippen LogP contribution is -2.26. The van der Waals surface area contributed by atoms with Crippen molar-refractivity contribution in [2.75, 3.05) is 0 Å². The monoisotopic (exact) mass is 110 g/mol. The zero-order valence-electron chi connectivity index (χ0n) is 4.89. The normalized spacial score (nSPS) is 37.0. The Morgan fingerprint density at radius 2 is 2.00 bits per heavy atom. The number of carbonyl (C=O) groups is 1. The van der Waals surface area contributed by atoms with Gasteiger partial charge in [0.15, 0.2) is 0 Å². The van der Waals surface area contributed by atoms with E-state index in [-0.39, 0.29) is 0 Å². The standard InChI is InChI=1S/C7H10O/c8-7-4-3-6(7)5-1-2-5/h5-6H,1-4H2/t6-/m1/s1. The van der Waals surface area contributed by atoms with Crippen LogP contribution in [-0.2, 0) is 4.79 Å². The van der Waals surface area contributed by atoms with E-state index in [0.717, 1.165) is 12.3 Å². The fourth-order valence-corrected chi connectivity index (χ4v) is 1.43. The van der Waals surface area contributed by atoms with Crippen LogP contribution in [0.15, 0.2) is 0 Å². The van der Waals surface area contributed by atoms with Crippen molar-refractivity contribution in [2.24, 2.45) is 11.8 Å². The molecule has 0 bridgehead atoms. The molecule has 0 aromatic rings. The molecule has 2 saturated carbocycles. The Bertz CT molecular complexity index is 124. The zero-order chi connectivity index (χ0) is 5.56. The summed E-state index contributed by atoms with van der Waals surface area (Å²) in [5, 5.41) is 0. The molecular formula is C7H10O. The van der Waals surface area contributed by atoms with E-state index in [1.165, 1.54) is 19.3 Å². The van der Waals surface area contributed by atoms with E-state index in [1.807, 2.05) is 0 Å². The van der Waals surface area contributed by atoms with Crippen molar-refractivity contribution in [1.82, 2.24) is 0 Å². The third kappa shape index (κ3) is 0.504. The first kappa shape index (κ1) is 4.54. The lowest BCUT2D eigenvalue weighted by atomic mass is 9.80. The average Bonchev–Trinajstić information content (AvgIpc) is 2.46. The summed E-state index contributed by atoms with van der Waals surface area (Å²) in [6.07, 6.45) is 4.73. The summed E-state index contributed by atoms with van der Waals surface area (Å²) >= 11 is 0. The molecule has 0 amide bonds. The molecule has 8 heavy (non-hydrogen) atoms. The molecule has 44 valence electrons. The predicted molar refractivity (Wildman–Crippen MR) is 30.5 cm³/mol. The van der Waals surface area contributed by atoms with Crippen LogP contribution in [0.1, 0.15) is 25.7 Å². The Labute approximate surface area is 49.1 Å². The molecule has 2 aliphatic rings. The van der Waals surface area contributed by atoms with Gasteiger partial charge in [0, 0.05) is 12.3 Å². The first-order chi connectivity index (χ1) is 3.88. The Kier molecular flexibility index (Phi) is 0.758. The van der Waals surface area contributed by atoms with Crippen molar-refractivity contribution in [3.05, 3.63) is 0 Å². The highest BCUT2D eigenvalue weighted by atomic mass is 16.1. The first-order valence-electron chi connectivity index (χ1n) is 3.40. The van der Waals surface area contributed by atoms with Crippen molar-refractivity contribution in [3.8, 4) is 0 Å². The van der Waals surface area contributed by atoms with Gasteiger partial charge >= 0.3 is 0 Å². The third-order valence-corrected chi connectivity index (χ3v) is 2.31. The minimum atomic E-state index is 0.523. The maximum absolute atomic E-state index is 10.7. The molecular weight excluding hydrogens is 100 g/mol. The maximum atomic E-state index is 10.7. The Morgan fingerprint density at radius 3 is 2.12 bits per heavy atom. The van der Waals surface area contributed by atoms with Crippen LogP contribution in [-0.4, -0.2) is 5.78 Å². The van der Waals surface area contributed by atoms with E-state index in [4.69, 9.17) is 0 Å². The number of carbonyl (C=O) groups excluding carboxylic acids is 1. The van der Waals surface area contributed by atoms with Crippen LogP contribution in [0.4, 0.5) is 0 Å². The first-order valence-corrected chi connectivity index (χ1v) is 3.40. The molecule has 0 radical (unpaired) electrons. The van der Waals surface area contributed by atoms with Crippen LogP contribution < -0.4 is 0 Å². The van der Waals surface area contributed by atoms with E-state index in [9.17, 15) is 4.79 Å². The summed E-state index contributed by atoms with van der Waals surface area (Å²) in [5.41, 5.74) is 0. The van der Waals surface area contributed by atoms with Crippen LogP contribution >= 0.6 is 0 Å². The minimum absolute atomic E-state index is 0.523. The molecule has 0 spiro atoms. The molecule has 0 saturated heterocycles. The molecule has 1 heteroatoms. The molecule has 0 unspecified atom stereocenters. The molecule has 0 heterocycles. The van der Waals surface area contributed by atoms with Crippen molar-refractivity contribution in [3.63, 3.8) is 0 Å². The highest BCUT2D eigenvalue weighted by Crippen LogP contribution is 2.44. The molecule has 1 nitrogen and oxygen atoms in total. The second kappa shape index (κ2) is 1.34. The van der Waals surface area contributed by atoms with Gasteiger partial charge < -0.3 is 0 Å². The number of hydrogen-bond donors (Lipinski definition) is 0. The molecule has 0 aliphatic heterocycles. The van der Waals surface area contributed by atoms with Gasteiger partial charge in [0.25, 0.3) is 0 Å². The predicted octanol–water partition coefficient (Wildman–Crippen LogP) is 1.38. The molecule has 1 atom stereocenters. The van der Waals surface area contributed by atoms with Crippen LogP contribution in [0.5, 0.6) is 0 Å². The van der Waals surface area contributed by atoms with E-state index in [0.29, 0.717) is 11.7 Å². The van der Waals surface area contributed by atoms with Gasteiger partial charge in [-0.25, -0.2) is 0 Å². The third-order valence-electron chi connectivity index (χ3n) is 2.31. The van der Waals surface area contributed by atoms with E-state index >= 15 is 0 Å². The summed E-state index contributed by atoms with van der Waals surface area (Å²) < 4.78 is 0. The number of hydrogen-bond acceptors (Lipinski definition) is 1. The summed E-state index contributed by atoms with van der Waals surface area (Å²) in [6, 6.07) is 0. The van der Waals surface area contributed by atoms with Gasteiger partial charge in [-0.1, -0.05) is 0 Å². The fourth-order valence-electron chi connectivity index (χ4n) is 1.43. The Morgan fingerprint density at radius 1 is 1.25 bits per heavy atom. The van der Waals surface area contributed by atoms with Gasteiger partial charge in [-0.15, -0.1) is 0 Å². The molecule has 0 aromatic carbocycles. The Hall–Kier alpha value is -0.330. The smallest absolute Gasteiger partial charge is 0.136 e. The molecule has 0 aromatic heterocycles. The Balaban J connectivity index is 1.96. The summed E-state index contributed by atoms with van der Waals surface area (Å²) in [7, 11) is 0. The fraction of sp³-hybridized carbons (Fsp3) is 0.857. The highest BCUT2D eigenvalue weighted by Gasteiger charge is 2.40. The second-order valence-corrected chi connectivity index (χ2v) is 2.95. The van der Waals surface area contributed by atoms with Crippen molar-refractivity contribution in [2.45, 2.75) is 25.7 Å². The second-order valence-electron chi connectivity index (χ2n) is 2.95. The number of ketones is 1. The van der Waals surface area contributed by atoms with Gasteiger partial charge in [-0.05, 0) is 25.2 Å². The minimum Gasteiger partial charge on any atom is -0.299 e. The van der Waals surface area contributed by atoms with E-state index in [2.05, 4.69) is 0 Å². The topological polar surface area (TPSA) is 17.1 Å². The van der Waals surface area contributed by atoms with Crippen LogP contribution in [0, 0.1) is 11.8 Å². The van der Waals surface area contributed by atoms with E-state index in [1.54, 1.807) is 0 Å². The SMILES string of the molecule is O=C1CC[C@@H]1C1CC1. The maximum Gasteiger partial charge on any atom is 0.136 e. The average molecular weight is 110 g/mol. The van der Waals surface area contributed by atoms with Gasteiger partial charge in [-0.3, -0.25) is 4.79 Å². The van der Waals surface area contributed by atoms with Gasteiger partial charge in [0.2, 0.25) is 0 Å². The van der Waals surface area contributed by atoms with Crippen LogP contribution in [0.25, 0.3) is 0 Å². The van der Waals surface area contributed by atoms with Crippen molar-refractivity contribution < 1.29 is 4.79 Å². The molecule has 0 N–H and O–H groups in total. The van der Waals surface area contributed by atoms with Gasteiger partial charge in [0.1, 0.15) is 5.78 Å². The van der Waals surface area contributed by atoms with Crippen LogP contribution in [0.2, 0.25) is 0 Å². The van der Waals surface area contributed by atoms with E-state index < -0.39 is 0 Å². The lowest BCUT2D eigenvalue weighted by Gasteiger charge is -2.22. The summed E-state index contributed by atoms with van der Waals surface area (Å²) in [5.74, 6) is 1.89. The quantitative estimate of drug-likeness (QED) is 0.498. The number of rotatable bonds is 1. The van der Waals surface area contributed by atoms with Crippen molar-refractivity contribution >= 4 is 5.78 Å². The summed E-state index contributed by atoms with van der Waals surface area (Å²) in [4.78, 5) is 10.7. The number of Topliss-reactive ketones (excluding diaryl/α,β-unsaturated/α-hetero) is 1. The lowest BCUT2D eigenvalue weighted by molar-refractivity contribution is -0.130. The highest BCUT2D eigenvalue weighted by molar-refractivity contribution is 5.86. The molecule has 2 fully saturated rings. The molecule has 2 rings (SSSR count). The zero-order valence-corrected chi connectivity index (χ0v) is 4.89. The summed E-state index contributed by atoms with van der Waals surface area (Å²) in [6.45, 7) is 0. The molecule has 2 aliphatic carbocycles. The largest absolute Gasteiger partial charge is 0.299 e. The van der Waals surface area contributed by atoms with Gasteiger partial charge in [0.05, 0.1) is 0 Å². The van der Waals surface area contributed by atoms with Gasteiger partial charge in [-0.2, -0.15) is 0 Å². The van der Waals surface area contributed by atoms with Crippen LogP contribution in [0.3, 0.4) is 0 Å².